The van der Waals surface area contributed by atoms with Gasteiger partial charge in [0.25, 0.3) is 0 Å². The minimum atomic E-state index is 0.327. The summed E-state index contributed by atoms with van der Waals surface area (Å²) in [6, 6.07) is 7.21. The van der Waals surface area contributed by atoms with E-state index in [4.69, 9.17) is 28.9 Å². The van der Waals surface area contributed by atoms with Crippen LogP contribution in [0.1, 0.15) is 20.3 Å². The number of nitrogens with zero attached hydrogens (tertiary/aromatic N) is 4. The lowest BCUT2D eigenvalue weighted by molar-refractivity contribution is 0.303. The number of halogens is 2. The number of nitrogens with one attached hydrogen (secondary N) is 1. The standard InChI is InChI=1S/C20H24Cl2N6/c1-3-28(4-2)10-6-9-24-20-25-12-13-11-14(18(23)26-19(13)27-20)17-15(21)7-5-8-16(17)22/h5,7-8,11-12H,3-4,6,9-10H2,1-2H3,(H3,23,24,25,26,27). The second-order valence-electron chi connectivity index (χ2n) is 6.43. The van der Waals surface area contributed by atoms with Gasteiger partial charge >= 0.3 is 0 Å². The lowest BCUT2D eigenvalue weighted by atomic mass is 10.1. The average molecular weight is 419 g/mol. The van der Waals surface area contributed by atoms with E-state index in [-0.39, 0.29) is 0 Å². The maximum atomic E-state index is 6.31. The third kappa shape index (κ3) is 4.63. The highest BCUT2D eigenvalue weighted by Gasteiger charge is 2.14. The van der Waals surface area contributed by atoms with E-state index in [1.54, 1.807) is 24.4 Å². The van der Waals surface area contributed by atoms with E-state index in [2.05, 4.69) is 39.0 Å². The van der Waals surface area contributed by atoms with Crippen molar-refractivity contribution in [3.05, 3.63) is 40.5 Å². The summed E-state index contributed by atoms with van der Waals surface area (Å²) in [4.78, 5) is 15.7. The summed E-state index contributed by atoms with van der Waals surface area (Å²) in [5, 5.41) is 5.07. The van der Waals surface area contributed by atoms with Crippen LogP contribution in [0.15, 0.2) is 30.5 Å². The van der Waals surface area contributed by atoms with Crippen molar-refractivity contribution in [1.82, 2.24) is 19.9 Å². The van der Waals surface area contributed by atoms with Gasteiger partial charge in [-0.3, -0.25) is 0 Å². The van der Waals surface area contributed by atoms with E-state index in [0.29, 0.717) is 38.6 Å². The van der Waals surface area contributed by atoms with Crippen molar-refractivity contribution >= 4 is 46.0 Å². The molecule has 0 saturated carbocycles. The first-order valence-corrected chi connectivity index (χ1v) is 10.1. The van der Waals surface area contributed by atoms with E-state index in [1.807, 2.05) is 6.07 Å². The largest absolute Gasteiger partial charge is 0.383 e. The summed E-state index contributed by atoms with van der Waals surface area (Å²) >= 11 is 12.6. The van der Waals surface area contributed by atoms with Crippen LogP contribution in [0.3, 0.4) is 0 Å². The molecule has 0 aliphatic carbocycles. The van der Waals surface area contributed by atoms with Crippen molar-refractivity contribution in [2.24, 2.45) is 0 Å². The van der Waals surface area contributed by atoms with Gasteiger partial charge in [0, 0.05) is 29.3 Å². The van der Waals surface area contributed by atoms with Gasteiger partial charge in [-0.05, 0) is 44.3 Å². The Morgan fingerprint density at radius 1 is 1.11 bits per heavy atom. The molecule has 0 aliphatic heterocycles. The second kappa shape index (κ2) is 9.37. The predicted octanol–water partition coefficient (Wildman–Crippen LogP) is 4.72. The molecule has 0 fully saturated rings. The molecular formula is C20H24Cl2N6. The van der Waals surface area contributed by atoms with E-state index >= 15 is 0 Å². The molecule has 6 nitrogen and oxygen atoms in total. The quantitative estimate of drug-likeness (QED) is 0.514. The number of anilines is 2. The van der Waals surface area contributed by atoms with Gasteiger partial charge < -0.3 is 16.0 Å². The molecule has 3 aromatic rings. The Morgan fingerprint density at radius 2 is 1.82 bits per heavy atom. The molecule has 0 spiro atoms. The fourth-order valence-corrected chi connectivity index (χ4v) is 3.66. The molecule has 3 N–H and O–H groups in total. The van der Waals surface area contributed by atoms with Gasteiger partial charge in [0.15, 0.2) is 5.65 Å². The van der Waals surface area contributed by atoms with Gasteiger partial charge in [-0.25, -0.2) is 9.97 Å². The molecule has 0 unspecified atom stereocenters. The Morgan fingerprint density at radius 3 is 2.50 bits per heavy atom. The zero-order chi connectivity index (χ0) is 20.1. The number of hydrogen-bond acceptors (Lipinski definition) is 6. The fourth-order valence-electron chi connectivity index (χ4n) is 3.06. The van der Waals surface area contributed by atoms with E-state index < -0.39 is 0 Å². The third-order valence-corrected chi connectivity index (χ3v) is 5.29. The van der Waals surface area contributed by atoms with Crippen LogP contribution in [0.5, 0.6) is 0 Å². The maximum Gasteiger partial charge on any atom is 0.224 e. The summed E-state index contributed by atoms with van der Waals surface area (Å²) in [5.74, 6) is 0.871. The smallest absolute Gasteiger partial charge is 0.224 e. The van der Waals surface area contributed by atoms with Crippen LogP contribution in [-0.2, 0) is 0 Å². The lowest BCUT2D eigenvalue weighted by Crippen LogP contribution is -2.25. The number of pyridine rings is 1. The van der Waals surface area contributed by atoms with Crippen molar-refractivity contribution in [2.45, 2.75) is 20.3 Å². The molecule has 28 heavy (non-hydrogen) atoms. The Bertz CT molecular complexity index is 939. The molecule has 0 atom stereocenters. The lowest BCUT2D eigenvalue weighted by Gasteiger charge is -2.17. The molecule has 0 bridgehead atoms. The minimum absolute atomic E-state index is 0.327. The molecule has 0 aliphatic rings. The zero-order valence-electron chi connectivity index (χ0n) is 16.0. The average Bonchev–Trinajstić information content (AvgIpc) is 2.68. The van der Waals surface area contributed by atoms with Crippen LogP contribution in [0.25, 0.3) is 22.2 Å². The van der Waals surface area contributed by atoms with Gasteiger partial charge in [-0.1, -0.05) is 43.1 Å². The van der Waals surface area contributed by atoms with Crippen molar-refractivity contribution < 1.29 is 0 Å². The molecule has 0 amide bonds. The number of nitrogens with two attached hydrogens (primary N) is 1. The summed E-state index contributed by atoms with van der Waals surface area (Å²) in [5.41, 5.74) is 8.05. The van der Waals surface area contributed by atoms with Crippen LogP contribution >= 0.6 is 23.2 Å². The normalized spacial score (nSPS) is 11.3. The van der Waals surface area contributed by atoms with Crippen molar-refractivity contribution in [3.63, 3.8) is 0 Å². The fraction of sp³-hybridized carbons (Fsp3) is 0.350. The van der Waals surface area contributed by atoms with Crippen molar-refractivity contribution in [3.8, 4) is 11.1 Å². The molecule has 2 heterocycles. The van der Waals surface area contributed by atoms with Crippen molar-refractivity contribution in [1.29, 1.82) is 0 Å². The molecule has 0 radical (unpaired) electrons. The number of fused-ring (bicyclic) bond motifs is 1. The molecule has 8 heteroatoms. The van der Waals surface area contributed by atoms with Crippen LogP contribution in [0, 0.1) is 0 Å². The number of rotatable bonds is 8. The maximum absolute atomic E-state index is 6.31. The molecule has 0 saturated heterocycles. The van der Waals surface area contributed by atoms with Crippen LogP contribution < -0.4 is 11.1 Å². The number of aromatic nitrogens is 3. The molecule has 148 valence electrons. The SMILES string of the molecule is CCN(CC)CCCNc1ncc2cc(-c3c(Cl)cccc3Cl)c(N)nc2n1. The molecule has 2 aromatic heterocycles. The summed E-state index contributed by atoms with van der Waals surface area (Å²) in [6.07, 6.45) is 2.75. The van der Waals surface area contributed by atoms with Crippen molar-refractivity contribution in [2.75, 3.05) is 37.2 Å². The first kappa shape index (κ1) is 20.6. The van der Waals surface area contributed by atoms with E-state index in [1.165, 1.54) is 0 Å². The highest BCUT2D eigenvalue weighted by molar-refractivity contribution is 6.39. The van der Waals surface area contributed by atoms with Gasteiger partial charge in [0.1, 0.15) is 5.82 Å². The van der Waals surface area contributed by atoms with E-state index in [9.17, 15) is 0 Å². The zero-order valence-corrected chi connectivity index (χ0v) is 17.6. The number of nitrogen functional groups attached to an aromatic ring is 1. The first-order valence-electron chi connectivity index (χ1n) is 9.37. The summed E-state index contributed by atoms with van der Waals surface area (Å²) in [7, 11) is 0. The minimum Gasteiger partial charge on any atom is -0.383 e. The Balaban J connectivity index is 1.79. The summed E-state index contributed by atoms with van der Waals surface area (Å²) in [6.45, 7) is 8.30. The molecular weight excluding hydrogens is 395 g/mol. The van der Waals surface area contributed by atoms with Crippen LogP contribution in [-0.4, -0.2) is 46.0 Å². The Hall–Kier alpha value is -2.15. The van der Waals surface area contributed by atoms with Gasteiger partial charge in [0.05, 0.1) is 10.0 Å². The Kier molecular flexibility index (Phi) is 6.88. The molecule has 1 aromatic carbocycles. The summed E-state index contributed by atoms with van der Waals surface area (Å²) < 4.78 is 0. The van der Waals surface area contributed by atoms with Gasteiger partial charge in [-0.2, -0.15) is 4.98 Å². The second-order valence-corrected chi connectivity index (χ2v) is 7.25. The third-order valence-electron chi connectivity index (χ3n) is 4.66. The first-order chi connectivity index (χ1) is 13.5. The van der Waals surface area contributed by atoms with Crippen LogP contribution in [0.2, 0.25) is 10.0 Å². The monoisotopic (exact) mass is 418 g/mol. The highest BCUT2D eigenvalue weighted by Crippen LogP contribution is 2.38. The number of benzene rings is 1. The Labute approximate surface area is 175 Å². The van der Waals surface area contributed by atoms with Gasteiger partial charge in [0.2, 0.25) is 5.95 Å². The number of hydrogen-bond donors (Lipinski definition) is 2. The predicted molar refractivity (Wildman–Crippen MR) is 118 cm³/mol. The van der Waals surface area contributed by atoms with Gasteiger partial charge in [-0.15, -0.1) is 0 Å². The van der Waals surface area contributed by atoms with E-state index in [0.717, 1.165) is 38.0 Å². The topological polar surface area (TPSA) is 80.0 Å². The molecule has 3 rings (SSSR count). The highest BCUT2D eigenvalue weighted by atomic mass is 35.5. The van der Waals surface area contributed by atoms with Crippen LogP contribution in [0.4, 0.5) is 11.8 Å².